The van der Waals surface area contributed by atoms with E-state index in [9.17, 15) is 51.4 Å². The van der Waals surface area contributed by atoms with Crippen LogP contribution in [0.4, 0.5) is 37.7 Å². The quantitative estimate of drug-likeness (QED) is 0.207. The molecule has 1 atom stereocenters. The Kier molecular flexibility index (Phi) is 12.6. The minimum Gasteiger partial charge on any atom is -0.316 e. The van der Waals surface area contributed by atoms with E-state index in [1.54, 1.807) is 0 Å². The number of halogens is 6. The van der Waals surface area contributed by atoms with Crippen molar-refractivity contribution in [3.63, 3.8) is 0 Å². The maximum Gasteiger partial charge on any atom is 0.454 e. The van der Waals surface area contributed by atoms with E-state index in [-0.39, 0.29) is 13.0 Å². The van der Waals surface area contributed by atoms with Gasteiger partial charge in [0.15, 0.2) is 0 Å². The highest BCUT2D eigenvalue weighted by Crippen LogP contribution is 2.31. The maximum atomic E-state index is 12.2. The van der Waals surface area contributed by atoms with Crippen molar-refractivity contribution >= 4 is 25.0 Å². The zero-order valence-electron chi connectivity index (χ0n) is 16.1. The standard InChI is InChI=1S/C8H7F3N2O2.C8H4F3NO3.CH3B.CH4/c9-8(10,11)7(12)5-2-1-3-6(4-5)13(14)15;9-8(10,11)7(13)5-2-1-3-6(4-5)12(14)15;1-2;/h1-4,7H,12H2;1-4H;1H3;1H4. The number of nitro groups is 2. The van der Waals surface area contributed by atoms with Crippen molar-refractivity contribution in [1.29, 1.82) is 0 Å². The van der Waals surface area contributed by atoms with Crippen LogP contribution in [0.5, 0.6) is 0 Å². The molecule has 0 amide bonds. The Morgan fingerprint density at radius 2 is 1.33 bits per heavy atom. The largest absolute Gasteiger partial charge is 0.454 e. The van der Waals surface area contributed by atoms with Gasteiger partial charge in [0.25, 0.3) is 17.2 Å². The predicted octanol–water partition coefficient (Wildman–Crippen LogP) is 5.34. The Balaban J connectivity index is 0. The molecule has 2 aromatic rings. The fourth-order valence-electron chi connectivity index (χ4n) is 1.95. The molecule has 0 spiro atoms. The molecule has 0 aliphatic rings. The van der Waals surface area contributed by atoms with Crippen LogP contribution in [-0.4, -0.2) is 35.8 Å². The Labute approximate surface area is 185 Å². The number of non-ortho nitro benzene ring substituents is 2. The van der Waals surface area contributed by atoms with Gasteiger partial charge in [-0.2, -0.15) is 26.3 Å². The van der Waals surface area contributed by atoms with Gasteiger partial charge in [0.2, 0.25) is 0 Å². The minimum atomic E-state index is -5.02. The molecule has 0 aliphatic heterocycles. The van der Waals surface area contributed by atoms with Crippen LogP contribution < -0.4 is 5.73 Å². The van der Waals surface area contributed by atoms with Crippen LogP contribution in [0.2, 0.25) is 6.82 Å². The lowest BCUT2D eigenvalue weighted by Gasteiger charge is -2.15. The molecule has 2 radical (unpaired) electrons. The summed E-state index contributed by atoms with van der Waals surface area (Å²) in [5.74, 6) is -2.09. The summed E-state index contributed by atoms with van der Waals surface area (Å²) in [4.78, 5) is 29.6. The van der Waals surface area contributed by atoms with Crippen LogP contribution >= 0.6 is 0 Å². The molecule has 2 rings (SSSR count). The summed E-state index contributed by atoms with van der Waals surface area (Å²) in [7, 11) is 4.50. The first-order chi connectivity index (χ1) is 14.6. The van der Waals surface area contributed by atoms with E-state index in [1.807, 2.05) is 0 Å². The van der Waals surface area contributed by atoms with Crippen molar-refractivity contribution in [3.8, 4) is 0 Å². The second-order valence-corrected chi connectivity index (χ2v) is 5.51. The second-order valence-electron chi connectivity index (χ2n) is 5.51. The summed E-state index contributed by atoms with van der Waals surface area (Å²) < 4.78 is 72.4. The molecular weight excluding hydrogens is 463 g/mol. The van der Waals surface area contributed by atoms with Crippen molar-refractivity contribution in [2.24, 2.45) is 5.73 Å². The van der Waals surface area contributed by atoms with E-state index in [2.05, 4.69) is 7.85 Å². The van der Waals surface area contributed by atoms with Crippen molar-refractivity contribution in [3.05, 3.63) is 79.9 Å². The lowest BCUT2D eigenvalue weighted by molar-refractivity contribution is -0.385. The summed E-state index contributed by atoms with van der Waals surface area (Å²) >= 11 is 0. The van der Waals surface area contributed by atoms with E-state index < -0.39 is 51.0 Å². The van der Waals surface area contributed by atoms with Crippen molar-refractivity contribution in [1.82, 2.24) is 0 Å². The predicted molar refractivity (Wildman–Crippen MR) is 108 cm³/mol. The first-order valence-electron chi connectivity index (χ1n) is 8.15. The summed E-state index contributed by atoms with van der Waals surface area (Å²) in [6.07, 6.45) is -9.62. The lowest BCUT2D eigenvalue weighted by Crippen LogP contribution is -2.28. The molecule has 0 heterocycles. The molecule has 0 bridgehead atoms. The van der Waals surface area contributed by atoms with Gasteiger partial charge in [-0.25, -0.2) is 0 Å². The van der Waals surface area contributed by atoms with Gasteiger partial charge in [-0.3, -0.25) is 25.0 Å². The number of alkyl halides is 6. The molecule has 0 aromatic heterocycles. The fraction of sp³-hybridized carbons (Fsp3) is 0.278. The third-order valence-corrected chi connectivity index (χ3v) is 3.37. The first-order valence-corrected chi connectivity index (χ1v) is 8.15. The Hall–Kier alpha value is -3.49. The van der Waals surface area contributed by atoms with Crippen LogP contribution in [0.15, 0.2) is 48.5 Å². The number of benzene rings is 2. The Morgan fingerprint density at radius 3 is 1.73 bits per heavy atom. The van der Waals surface area contributed by atoms with Crippen LogP contribution in [0.3, 0.4) is 0 Å². The zero-order valence-corrected chi connectivity index (χ0v) is 16.1. The zero-order chi connectivity index (χ0) is 25.3. The van der Waals surface area contributed by atoms with Gasteiger partial charge in [-0.15, -0.1) is 0 Å². The van der Waals surface area contributed by atoms with E-state index >= 15 is 0 Å². The van der Waals surface area contributed by atoms with Gasteiger partial charge in [0, 0.05) is 29.8 Å². The number of nitro benzene ring substituents is 2. The van der Waals surface area contributed by atoms with Crippen LogP contribution in [-0.2, 0) is 0 Å². The molecule has 0 fully saturated rings. The molecule has 1 unspecified atom stereocenters. The third-order valence-electron chi connectivity index (χ3n) is 3.37. The van der Waals surface area contributed by atoms with E-state index in [0.717, 1.165) is 36.4 Å². The molecule has 0 aliphatic carbocycles. The Morgan fingerprint density at radius 1 is 0.909 bits per heavy atom. The molecular formula is C18H18BF6N3O5. The topological polar surface area (TPSA) is 129 Å². The monoisotopic (exact) mass is 481 g/mol. The maximum absolute atomic E-state index is 12.2. The highest BCUT2D eigenvalue weighted by molar-refractivity contribution is 6.05. The highest BCUT2D eigenvalue weighted by Gasteiger charge is 2.40. The van der Waals surface area contributed by atoms with Crippen LogP contribution in [0.25, 0.3) is 0 Å². The van der Waals surface area contributed by atoms with Crippen LogP contribution in [0.1, 0.15) is 29.4 Å². The van der Waals surface area contributed by atoms with Gasteiger partial charge in [-0.1, -0.05) is 38.5 Å². The smallest absolute Gasteiger partial charge is 0.316 e. The summed E-state index contributed by atoms with van der Waals surface area (Å²) in [6, 6.07) is 5.50. The van der Waals surface area contributed by atoms with Gasteiger partial charge < -0.3 is 5.73 Å². The number of hydrogen-bond donors (Lipinski definition) is 1. The molecule has 2 N–H and O–H groups in total. The molecule has 0 saturated heterocycles. The average Bonchev–Trinajstić information content (AvgIpc) is 2.73. The number of Topliss-reactive ketones (excluding diaryl/α,β-unsaturated/α-hetero) is 1. The lowest BCUT2D eigenvalue weighted by atomic mass is 10.1. The summed E-state index contributed by atoms with van der Waals surface area (Å²) in [6.45, 7) is 1.50. The van der Waals surface area contributed by atoms with Crippen molar-refractivity contribution in [2.45, 2.75) is 32.6 Å². The van der Waals surface area contributed by atoms with Crippen molar-refractivity contribution in [2.75, 3.05) is 0 Å². The van der Waals surface area contributed by atoms with E-state index in [4.69, 9.17) is 5.73 Å². The minimum absolute atomic E-state index is 0. The molecule has 8 nitrogen and oxygen atoms in total. The van der Waals surface area contributed by atoms with Crippen molar-refractivity contribution < 1.29 is 41.0 Å². The number of carbonyl (C=O) groups is 1. The number of hydrogen-bond acceptors (Lipinski definition) is 6. The van der Waals surface area contributed by atoms with E-state index in [0.29, 0.717) is 6.07 Å². The van der Waals surface area contributed by atoms with Gasteiger partial charge >= 0.3 is 12.4 Å². The molecule has 33 heavy (non-hydrogen) atoms. The Bertz CT molecular complexity index is 954. The molecule has 15 heteroatoms. The number of ketones is 1. The highest BCUT2D eigenvalue weighted by atomic mass is 19.4. The molecule has 2 aromatic carbocycles. The van der Waals surface area contributed by atoms with Gasteiger partial charge in [-0.05, 0) is 5.56 Å². The van der Waals surface area contributed by atoms with Gasteiger partial charge in [0.1, 0.15) is 6.04 Å². The van der Waals surface area contributed by atoms with Crippen LogP contribution in [0, 0.1) is 20.2 Å². The number of carbonyl (C=O) groups excluding carboxylic acids is 1. The fourth-order valence-corrected chi connectivity index (χ4v) is 1.95. The second kappa shape index (κ2) is 13.2. The normalized spacial score (nSPS) is 11.4. The summed E-state index contributed by atoms with van der Waals surface area (Å²) in [5.41, 5.74) is 2.87. The summed E-state index contributed by atoms with van der Waals surface area (Å²) in [5, 5.41) is 20.5. The first kappa shape index (κ1) is 31.7. The number of rotatable bonds is 4. The number of nitrogens with zero attached hydrogens (tertiary/aromatic N) is 2. The number of nitrogens with two attached hydrogens (primary N) is 1. The SMILES string of the molecule is C.NC(c1cccc([N+](=O)[O-])c1)C(F)(F)F.O=C(c1cccc([N+](=O)[O-])c1)C(F)(F)F.[B]C. The van der Waals surface area contributed by atoms with Gasteiger partial charge in [0.05, 0.1) is 17.7 Å². The average molecular weight is 481 g/mol. The molecule has 0 saturated carbocycles. The third kappa shape index (κ3) is 10.1. The molecule has 180 valence electrons. The van der Waals surface area contributed by atoms with E-state index in [1.165, 1.54) is 12.9 Å².